The van der Waals surface area contributed by atoms with Crippen LogP contribution in [0.25, 0.3) is 12.2 Å². The van der Waals surface area contributed by atoms with Crippen molar-refractivity contribution in [3.63, 3.8) is 0 Å². The number of aromatic nitrogens is 1. The van der Waals surface area contributed by atoms with Crippen LogP contribution in [0, 0.1) is 11.8 Å². The van der Waals surface area contributed by atoms with Crippen LogP contribution in [-0.2, 0) is 9.53 Å². The molecule has 1 aromatic rings. The summed E-state index contributed by atoms with van der Waals surface area (Å²) in [7, 11) is 1.45. The third-order valence-corrected chi connectivity index (χ3v) is 7.19. The minimum absolute atomic E-state index is 0.0997. The highest BCUT2D eigenvalue weighted by Crippen LogP contribution is 2.44. The molecule has 6 heteroatoms. The maximum absolute atomic E-state index is 12.6. The van der Waals surface area contributed by atoms with Crippen molar-refractivity contribution in [1.82, 2.24) is 10.3 Å². The maximum atomic E-state index is 12.6. The highest BCUT2D eigenvalue weighted by molar-refractivity contribution is 6.22. The monoisotopic (exact) mass is 454 g/mol. The minimum Gasteiger partial charge on any atom is -0.469 e. The van der Waals surface area contributed by atoms with Gasteiger partial charge in [-0.3, -0.25) is 4.79 Å². The van der Waals surface area contributed by atoms with Gasteiger partial charge in [-0.05, 0) is 93.0 Å². The molecular weight excluding hydrogens is 424 g/mol. The van der Waals surface area contributed by atoms with E-state index in [1.54, 1.807) is 0 Å². The first-order valence-electron chi connectivity index (χ1n) is 11.6. The molecule has 0 spiro atoms. The van der Waals surface area contributed by atoms with Crippen molar-refractivity contribution in [3.05, 3.63) is 80.9 Å². The van der Waals surface area contributed by atoms with Gasteiger partial charge in [0.1, 0.15) is 0 Å². The second kappa shape index (κ2) is 7.97. The number of aliphatic imine (C=N–C) groups is 2. The van der Waals surface area contributed by atoms with Crippen LogP contribution in [0.3, 0.4) is 0 Å². The van der Waals surface area contributed by atoms with Crippen molar-refractivity contribution in [1.29, 1.82) is 0 Å². The van der Waals surface area contributed by atoms with Gasteiger partial charge in [-0.1, -0.05) is 6.92 Å². The number of esters is 1. The van der Waals surface area contributed by atoms with Crippen LogP contribution in [0.2, 0.25) is 0 Å². The summed E-state index contributed by atoms with van der Waals surface area (Å²) in [6, 6.07) is 4.10. The molecule has 5 heterocycles. The second-order valence-electron chi connectivity index (χ2n) is 9.69. The van der Waals surface area contributed by atoms with E-state index >= 15 is 0 Å². The van der Waals surface area contributed by atoms with Crippen LogP contribution in [-0.4, -0.2) is 35.0 Å². The highest BCUT2D eigenvalue weighted by Gasteiger charge is 2.47. The van der Waals surface area contributed by atoms with E-state index in [0.29, 0.717) is 0 Å². The Labute approximate surface area is 199 Å². The van der Waals surface area contributed by atoms with Gasteiger partial charge in [-0.25, -0.2) is 9.98 Å². The normalized spacial score (nSPS) is 26.2. The summed E-state index contributed by atoms with van der Waals surface area (Å²) in [5.41, 5.74) is 7.41. The zero-order valence-corrected chi connectivity index (χ0v) is 20.5. The number of hydrogen-bond donors (Lipinski definition) is 2. The predicted octanol–water partition coefficient (Wildman–Crippen LogP) is 3.22. The number of fused-ring (bicyclic) bond motifs is 6. The van der Waals surface area contributed by atoms with Crippen LogP contribution in [0.1, 0.15) is 34.6 Å². The number of rotatable bonds is 2. The largest absolute Gasteiger partial charge is 0.469 e. The fraction of sp³-hybridized carbons (Fsp3) is 0.321. The lowest BCUT2D eigenvalue weighted by Gasteiger charge is -2.34. The van der Waals surface area contributed by atoms with E-state index in [-0.39, 0.29) is 17.8 Å². The Morgan fingerprint density at radius 2 is 1.82 bits per heavy atom. The van der Waals surface area contributed by atoms with Gasteiger partial charge in [0.15, 0.2) is 0 Å². The molecule has 0 fully saturated rings. The third-order valence-electron chi connectivity index (χ3n) is 7.19. The Kier molecular flexibility index (Phi) is 5.19. The quantitative estimate of drug-likeness (QED) is 0.674. The number of hydrogen-bond acceptors (Lipinski definition) is 5. The van der Waals surface area contributed by atoms with Crippen molar-refractivity contribution >= 4 is 29.5 Å². The molecule has 1 aromatic heterocycles. The third kappa shape index (κ3) is 3.63. The number of carbonyl (C=O) groups excluding carboxylic acids is 1. The lowest BCUT2D eigenvalue weighted by Crippen LogP contribution is -2.45. The Morgan fingerprint density at radius 1 is 1.09 bits per heavy atom. The minimum atomic E-state index is -0.528. The SMILES string of the molecule is COC(=O)C(C)C1C(C)=C2NC1(C)C=C1C=CC(=N1)C=c1ccc([nH]1)=CC1=NC(=C2C)C=C1C. The van der Waals surface area contributed by atoms with Gasteiger partial charge < -0.3 is 15.0 Å². The topological polar surface area (TPSA) is 78.8 Å². The molecule has 0 radical (unpaired) electrons. The van der Waals surface area contributed by atoms with Gasteiger partial charge in [0.2, 0.25) is 0 Å². The molecule has 4 aliphatic rings. The first-order chi connectivity index (χ1) is 16.2. The van der Waals surface area contributed by atoms with Crippen molar-refractivity contribution < 1.29 is 9.53 Å². The van der Waals surface area contributed by atoms with E-state index in [4.69, 9.17) is 14.7 Å². The number of ether oxygens (including phenoxy) is 1. The molecule has 2 N–H and O–H groups in total. The van der Waals surface area contributed by atoms with Crippen molar-refractivity contribution in [2.75, 3.05) is 7.11 Å². The number of allylic oxidation sites excluding steroid dienone is 5. The van der Waals surface area contributed by atoms with Crippen LogP contribution >= 0.6 is 0 Å². The van der Waals surface area contributed by atoms with Gasteiger partial charge in [0, 0.05) is 22.3 Å². The lowest BCUT2D eigenvalue weighted by atomic mass is 9.75. The maximum Gasteiger partial charge on any atom is 0.309 e. The number of carbonyl (C=O) groups is 1. The summed E-state index contributed by atoms with van der Waals surface area (Å²) in [4.78, 5) is 25.9. The fourth-order valence-corrected chi connectivity index (χ4v) is 5.55. The number of H-pyrrole nitrogens is 1. The van der Waals surface area contributed by atoms with E-state index < -0.39 is 5.54 Å². The summed E-state index contributed by atoms with van der Waals surface area (Å²) < 4.78 is 5.14. The van der Waals surface area contributed by atoms with E-state index in [0.717, 1.165) is 55.9 Å². The molecule has 0 saturated heterocycles. The molecule has 6 nitrogen and oxygen atoms in total. The summed E-state index contributed by atoms with van der Waals surface area (Å²) in [5.74, 6) is -0.652. The summed E-state index contributed by atoms with van der Waals surface area (Å²) in [6.45, 7) is 10.3. The van der Waals surface area contributed by atoms with Crippen LogP contribution < -0.4 is 16.0 Å². The fourth-order valence-electron chi connectivity index (χ4n) is 5.55. The number of nitrogens with one attached hydrogen (secondary N) is 2. The van der Waals surface area contributed by atoms with Gasteiger partial charge in [-0.15, -0.1) is 0 Å². The van der Waals surface area contributed by atoms with Gasteiger partial charge in [0.25, 0.3) is 0 Å². The first kappa shape index (κ1) is 22.1. The summed E-state index contributed by atoms with van der Waals surface area (Å²) >= 11 is 0. The Balaban J connectivity index is 1.76. The molecule has 3 atom stereocenters. The molecular formula is C28H30N4O2. The average molecular weight is 455 g/mol. The van der Waals surface area contributed by atoms with Crippen LogP contribution in [0.15, 0.2) is 80.2 Å². The number of aromatic amines is 1. The van der Waals surface area contributed by atoms with Crippen molar-refractivity contribution in [2.24, 2.45) is 21.8 Å². The van der Waals surface area contributed by atoms with E-state index in [9.17, 15) is 4.79 Å². The summed E-state index contributed by atoms with van der Waals surface area (Å²) in [6.07, 6.45) is 12.4. The molecule has 0 aromatic carbocycles. The van der Waals surface area contributed by atoms with Crippen molar-refractivity contribution in [3.8, 4) is 0 Å². The van der Waals surface area contributed by atoms with Crippen LogP contribution in [0.5, 0.6) is 0 Å². The Hall–Kier alpha value is -3.67. The molecule has 0 amide bonds. The molecule has 174 valence electrons. The second-order valence-corrected chi connectivity index (χ2v) is 9.69. The van der Waals surface area contributed by atoms with Gasteiger partial charge in [0.05, 0.1) is 41.4 Å². The van der Waals surface area contributed by atoms with E-state index in [1.807, 2.05) is 31.2 Å². The number of methoxy groups -OCH3 is 1. The average Bonchev–Trinajstić information content (AvgIpc) is 3.56. The zero-order chi connectivity index (χ0) is 24.2. The first-order valence-corrected chi connectivity index (χ1v) is 11.6. The highest BCUT2D eigenvalue weighted by atomic mass is 16.5. The number of nitrogens with zero attached hydrogens (tertiary/aromatic N) is 2. The zero-order valence-electron chi connectivity index (χ0n) is 20.5. The van der Waals surface area contributed by atoms with E-state index in [1.165, 1.54) is 7.11 Å². The molecule has 8 bridgehead atoms. The molecule has 34 heavy (non-hydrogen) atoms. The molecule has 3 unspecified atom stereocenters. The molecule has 4 aliphatic heterocycles. The predicted molar refractivity (Wildman–Crippen MR) is 136 cm³/mol. The van der Waals surface area contributed by atoms with Gasteiger partial charge >= 0.3 is 5.97 Å². The summed E-state index contributed by atoms with van der Waals surface area (Å²) in [5, 5.41) is 5.73. The lowest BCUT2D eigenvalue weighted by molar-refractivity contribution is -0.146. The van der Waals surface area contributed by atoms with Crippen LogP contribution in [0.4, 0.5) is 0 Å². The van der Waals surface area contributed by atoms with E-state index in [2.05, 4.69) is 62.3 Å². The molecule has 0 saturated carbocycles. The molecule has 5 rings (SSSR count). The standard InChI is InChI=1S/C28H30N4O2/c1-15-11-24-16(2)26-17(3)25(18(4)27(33)34-6)28(5,32-26)14-22-10-9-20(30-22)12-19-7-8-21(29-19)13-23(15)31-24/h7-14,18,25,29,32H,1-6H3. The Morgan fingerprint density at radius 3 is 2.56 bits per heavy atom. The van der Waals surface area contributed by atoms with Crippen molar-refractivity contribution in [2.45, 2.75) is 40.2 Å². The smallest absolute Gasteiger partial charge is 0.309 e. The van der Waals surface area contributed by atoms with Gasteiger partial charge in [-0.2, -0.15) is 0 Å². The molecule has 0 aliphatic carbocycles. The Bertz CT molecular complexity index is 1440.